The molecule has 1 aliphatic rings. The second-order valence-electron chi connectivity index (χ2n) is 5.59. The number of aromatic nitrogens is 2. The molecule has 1 saturated heterocycles. The van der Waals surface area contributed by atoms with E-state index in [9.17, 15) is 0 Å². The number of hydrogen-bond acceptors (Lipinski definition) is 4. The van der Waals surface area contributed by atoms with Crippen LogP contribution in [0.4, 0.5) is 5.82 Å². The topological polar surface area (TPSA) is 32.3 Å². The highest BCUT2D eigenvalue weighted by Crippen LogP contribution is 2.30. The zero-order valence-corrected chi connectivity index (χ0v) is 11.9. The molecule has 1 aromatic rings. The van der Waals surface area contributed by atoms with Crippen LogP contribution in [0.15, 0.2) is 12.4 Å². The van der Waals surface area contributed by atoms with Crippen molar-refractivity contribution in [2.24, 2.45) is 0 Å². The number of rotatable bonds is 3. The fourth-order valence-corrected chi connectivity index (χ4v) is 2.67. The van der Waals surface area contributed by atoms with Crippen LogP contribution in [0, 0.1) is 0 Å². The maximum atomic E-state index is 4.59. The minimum atomic E-state index is 0.521. The summed E-state index contributed by atoms with van der Waals surface area (Å²) in [4.78, 5) is 13.7. The van der Waals surface area contributed by atoms with Crippen LogP contribution in [-0.2, 0) is 0 Å². The standard InChI is InChI=1S/C14H24N4/c1-11(2)18-9-5-6-12(10-18)13-14(17(3)4)16-8-7-15-13/h7-8,11-12H,5-6,9-10H2,1-4H3/t12-/m1/s1. The average molecular weight is 248 g/mol. The van der Waals surface area contributed by atoms with E-state index >= 15 is 0 Å². The largest absolute Gasteiger partial charge is 0.361 e. The summed E-state index contributed by atoms with van der Waals surface area (Å²) in [6.45, 7) is 6.86. The molecular formula is C14H24N4. The van der Waals surface area contributed by atoms with Gasteiger partial charge in [0.1, 0.15) is 5.82 Å². The van der Waals surface area contributed by atoms with Gasteiger partial charge in [-0.2, -0.15) is 0 Å². The van der Waals surface area contributed by atoms with Gasteiger partial charge < -0.3 is 9.80 Å². The number of piperidine rings is 1. The van der Waals surface area contributed by atoms with Crippen molar-refractivity contribution in [3.8, 4) is 0 Å². The van der Waals surface area contributed by atoms with Gasteiger partial charge in [-0.05, 0) is 33.2 Å². The number of likely N-dealkylation sites (tertiary alicyclic amines) is 1. The lowest BCUT2D eigenvalue weighted by molar-refractivity contribution is 0.166. The minimum absolute atomic E-state index is 0.521. The Morgan fingerprint density at radius 1 is 1.28 bits per heavy atom. The summed E-state index contributed by atoms with van der Waals surface area (Å²) >= 11 is 0. The highest BCUT2D eigenvalue weighted by Gasteiger charge is 2.26. The quantitative estimate of drug-likeness (QED) is 0.820. The zero-order chi connectivity index (χ0) is 13.1. The highest BCUT2D eigenvalue weighted by molar-refractivity contribution is 5.43. The average Bonchev–Trinajstić information content (AvgIpc) is 2.39. The molecule has 0 amide bonds. The molecule has 4 heteroatoms. The van der Waals surface area contributed by atoms with E-state index < -0.39 is 0 Å². The van der Waals surface area contributed by atoms with E-state index in [1.165, 1.54) is 19.4 Å². The molecule has 100 valence electrons. The van der Waals surface area contributed by atoms with Crippen molar-refractivity contribution in [3.05, 3.63) is 18.1 Å². The van der Waals surface area contributed by atoms with Crippen LogP contribution in [0.5, 0.6) is 0 Å². The maximum Gasteiger partial charge on any atom is 0.150 e. The van der Waals surface area contributed by atoms with Gasteiger partial charge in [-0.1, -0.05) is 0 Å². The molecule has 1 atom stereocenters. The van der Waals surface area contributed by atoms with Crippen LogP contribution in [0.25, 0.3) is 0 Å². The number of nitrogens with zero attached hydrogens (tertiary/aromatic N) is 4. The van der Waals surface area contributed by atoms with Crippen LogP contribution < -0.4 is 4.90 Å². The molecule has 0 N–H and O–H groups in total. The number of anilines is 1. The summed E-state index contributed by atoms with van der Waals surface area (Å²) in [7, 11) is 4.08. The third-order valence-electron chi connectivity index (χ3n) is 3.70. The van der Waals surface area contributed by atoms with Crippen molar-refractivity contribution >= 4 is 5.82 Å². The van der Waals surface area contributed by atoms with Crippen molar-refractivity contribution in [1.82, 2.24) is 14.9 Å². The molecule has 4 nitrogen and oxygen atoms in total. The summed E-state index contributed by atoms with van der Waals surface area (Å²) in [5.74, 6) is 1.54. The lowest BCUT2D eigenvalue weighted by Crippen LogP contribution is -2.39. The highest BCUT2D eigenvalue weighted by atomic mass is 15.2. The van der Waals surface area contributed by atoms with Gasteiger partial charge in [0, 0.05) is 45.0 Å². The molecule has 18 heavy (non-hydrogen) atoms. The molecule has 2 heterocycles. The third kappa shape index (κ3) is 2.80. The Kier molecular flexibility index (Phi) is 4.17. The Morgan fingerprint density at radius 2 is 2.00 bits per heavy atom. The van der Waals surface area contributed by atoms with Crippen LogP contribution in [0.3, 0.4) is 0 Å². The van der Waals surface area contributed by atoms with Crippen molar-refractivity contribution in [1.29, 1.82) is 0 Å². The Bertz CT molecular complexity index is 389. The van der Waals surface area contributed by atoms with E-state index in [1.54, 1.807) is 6.20 Å². The summed E-state index contributed by atoms with van der Waals surface area (Å²) in [6, 6.07) is 0.618. The van der Waals surface area contributed by atoms with Gasteiger partial charge in [-0.3, -0.25) is 4.98 Å². The van der Waals surface area contributed by atoms with Gasteiger partial charge in [-0.25, -0.2) is 4.98 Å². The van der Waals surface area contributed by atoms with Gasteiger partial charge in [-0.15, -0.1) is 0 Å². The fourth-order valence-electron chi connectivity index (χ4n) is 2.67. The Labute approximate surface area is 110 Å². The predicted octanol–water partition coefficient (Wildman–Crippen LogP) is 2.13. The molecule has 1 aromatic heterocycles. The SMILES string of the molecule is CC(C)N1CCC[C@@H](c2nccnc2N(C)C)C1. The van der Waals surface area contributed by atoms with E-state index in [0.29, 0.717) is 12.0 Å². The Hall–Kier alpha value is -1.16. The van der Waals surface area contributed by atoms with Gasteiger partial charge >= 0.3 is 0 Å². The van der Waals surface area contributed by atoms with E-state index in [0.717, 1.165) is 18.1 Å². The lowest BCUT2D eigenvalue weighted by Gasteiger charge is -2.35. The second kappa shape index (κ2) is 5.65. The molecular weight excluding hydrogens is 224 g/mol. The van der Waals surface area contributed by atoms with E-state index in [1.807, 2.05) is 20.3 Å². The monoisotopic (exact) mass is 248 g/mol. The molecule has 2 rings (SSSR count). The van der Waals surface area contributed by atoms with E-state index in [4.69, 9.17) is 0 Å². The number of hydrogen-bond donors (Lipinski definition) is 0. The molecule has 0 aromatic carbocycles. The van der Waals surface area contributed by atoms with Gasteiger partial charge in [0.2, 0.25) is 0 Å². The van der Waals surface area contributed by atoms with Gasteiger partial charge in [0.15, 0.2) is 0 Å². The molecule has 0 radical (unpaired) electrons. The van der Waals surface area contributed by atoms with Gasteiger partial charge in [0.05, 0.1) is 5.69 Å². The van der Waals surface area contributed by atoms with Crippen LogP contribution in [0.2, 0.25) is 0 Å². The fraction of sp³-hybridized carbons (Fsp3) is 0.714. The Balaban J connectivity index is 2.20. The van der Waals surface area contributed by atoms with Crippen molar-refractivity contribution in [2.75, 3.05) is 32.1 Å². The van der Waals surface area contributed by atoms with Crippen molar-refractivity contribution < 1.29 is 0 Å². The van der Waals surface area contributed by atoms with E-state index in [-0.39, 0.29) is 0 Å². The first kappa shape index (κ1) is 13.3. The normalized spacial score (nSPS) is 21.3. The minimum Gasteiger partial charge on any atom is -0.361 e. The Morgan fingerprint density at radius 3 is 2.67 bits per heavy atom. The summed E-state index contributed by atoms with van der Waals surface area (Å²) in [5.41, 5.74) is 1.16. The molecule has 0 unspecified atom stereocenters. The van der Waals surface area contributed by atoms with Crippen LogP contribution in [0.1, 0.15) is 38.3 Å². The maximum absolute atomic E-state index is 4.59. The first-order chi connectivity index (χ1) is 8.59. The molecule has 0 spiro atoms. The smallest absolute Gasteiger partial charge is 0.150 e. The van der Waals surface area contributed by atoms with E-state index in [2.05, 4.69) is 33.6 Å². The third-order valence-corrected chi connectivity index (χ3v) is 3.70. The summed E-state index contributed by atoms with van der Waals surface area (Å²) in [6.07, 6.45) is 6.08. The predicted molar refractivity (Wildman–Crippen MR) is 75.0 cm³/mol. The zero-order valence-electron chi connectivity index (χ0n) is 11.9. The molecule has 1 aliphatic heterocycles. The van der Waals surface area contributed by atoms with Gasteiger partial charge in [0.25, 0.3) is 0 Å². The molecule has 0 saturated carbocycles. The molecule has 0 aliphatic carbocycles. The van der Waals surface area contributed by atoms with Crippen LogP contribution in [-0.4, -0.2) is 48.1 Å². The second-order valence-corrected chi connectivity index (χ2v) is 5.59. The summed E-state index contributed by atoms with van der Waals surface area (Å²) < 4.78 is 0. The lowest BCUT2D eigenvalue weighted by atomic mass is 9.93. The molecule has 0 bridgehead atoms. The first-order valence-electron chi connectivity index (χ1n) is 6.82. The van der Waals surface area contributed by atoms with Crippen molar-refractivity contribution in [3.63, 3.8) is 0 Å². The van der Waals surface area contributed by atoms with Crippen molar-refractivity contribution in [2.45, 2.75) is 38.6 Å². The van der Waals surface area contributed by atoms with Crippen LogP contribution >= 0.6 is 0 Å². The summed E-state index contributed by atoms with van der Waals surface area (Å²) in [5, 5.41) is 0. The molecule has 1 fully saturated rings. The first-order valence-corrected chi connectivity index (χ1v) is 6.82.